The number of piperidine rings is 1. The molecule has 1 aromatic heterocycles. The number of methoxy groups -OCH3 is 1. The van der Waals surface area contributed by atoms with Gasteiger partial charge in [-0.1, -0.05) is 19.1 Å². The van der Waals surface area contributed by atoms with E-state index in [9.17, 15) is 9.90 Å². The Hall–Kier alpha value is -2.79. The summed E-state index contributed by atoms with van der Waals surface area (Å²) in [4.78, 5) is 15.3. The molecule has 1 fully saturated rings. The number of aromatic hydroxyl groups is 1. The molecule has 0 aliphatic carbocycles. The number of phenolic OH excluding ortho intramolecular Hbond substituents is 1. The van der Waals surface area contributed by atoms with E-state index in [1.807, 2.05) is 37.3 Å². The number of hydrogen-bond acceptors (Lipinski definition) is 5. The van der Waals surface area contributed by atoms with Gasteiger partial charge < -0.3 is 14.3 Å². The number of benzene rings is 2. The average Bonchev–Trinajstić information content (AvgIpc) is 2.71. The van der Waals surface area contributed by atoms with Crippen LogP contribution in [0.5, 0.6) is 11.5 Å². The lowest BCUT2D eigenvalue weighted by atomic mass is 9.96. The van der Waals surface area contributed by atoms with E-state index in [-0.39, 0.29) is 11.4 Å². The van der Waals surface area contributed by atoms with E-state index in [1.165, 1.54) is 6.42 Å². The molecule has 3 aromatic rings. The van der Waals surface area contributed by atoms with Gasteiger partial charge in [-0.2, -0.15) is 0 Å². The van der Waals surface area contributed by atoms with Gasteiger partial charge in [0.15, 0.2) is 0 Å². The standard InChI is InChI=1S/C24H27NO4/c1-15-5-4-12-25(13-15)14-20-21(26)11-10-19-16(2)22(24(27)29-23(19)20)17-6-8-18(28-3)9-7-17/h6-11,15,26H,4-5,12-14H2,1-3H3/t15-/m0/s1. The highest BCUT2D eigenvalue weighted by molar-refractivity contribution is 5.89. The quantitative estimate of drug-likeness (QED) is 0.650. The summed E-state index contributed by atoms with van der Waals surface area (Å²) in [6.45, 7) is 6.75. The van der Waals surface area contributed by atoms with Crippen LogP contribution in [0.2, 0.25) is 0 Å². The topological polar surface area (TPSA) is 62.9 Å². The number of fused-ring (bicyclic) bond motifs is 1. The molecule has 29 heavy (non-hydrogen) atoms. The lowest BCUT2D eigenvalue weighted by Gasteiger charge is -2.31. The predicted octanol–water partition coefficient (Wildman–Crippen LogP) is 4.71. The molecule has 1 N–H and O–H groups in total. The number of ether oxygens (including phenoxy) is 1. The van der Waals surface area contributed by atoms with Crippen molar-refractivity contribution in [2.45, 2.75) is 33.2 Å². The van der Waals surface area contributed by atoms with E-state index in [0.717, 1.165) is 41.8 Å². The van der Waals surface area contributed by atoms with E-state index in [4.69, 9.17) is 9.15 Å². The Morgan fingerprint density at radius 3 is 2.66 bits per heavy atom. The Kier molecular flexibility index (Phi) is 5.33. The fourth-order valence-electron chi connectivity index (χ4n) is 4.36. The van der Waals surface area contributed by atoms with Crippen molar-refractivity contribution in [2.75, 3.05) is 20.2 Å². The smallest absolute Gasteiger partial charge is 0.344 e. The summed E-state index contributed by atoms with van der Waals surface area (Å²) in [7, 11) is 1.61. The molecule has 2 aromatic carbocycles. The molecule has 5 nitrogen and oxygen atoms in total. The average molecular weight is 393 g/mol. The molecule has 1 aliphatic rings. The minimum absolute atomic E-state index is 0.176. The molecular formula is C24H27NO4. The van der Waals surface area contributed by atoms with Gasteiger partial charge in [0.1, 0.15) is 17.1 Å². The van der Waals surface area contributed by atoms with Gasteiger partial charge >= 0.3 is 5.63 Å². The van der Waals surface area contributed by atoms with Crippen molar-refractivity contribution < 1.29 is 14.3 Å². The van der Waals surface area contributed by atoms with Gasteiger partial charge in [0.25, 0.3) is 0 Å². The van der Waals surface area contributed by atoms with Gasteiger partial charge in [-0.05, 0) is 67.6 Å². The van der Waals surface area contributed by atoms with Gasteiger partial charge in [0.2, 0.25) is 0 Å². The maximum atomic E-state index is 12.9. The van der Waals surface area contributed by atoms with E-state index in [1.54, 1.807) is 13.2 Å². The molecular weight excluding hydrogens is 366 g/mol. The third-order valence-corrected chi connectivity index (χ3v) is 5.92. The number of nitrogens with zero attached hydrogens (tertiary/aromatic N) is 1. The van der Waals surface area contributed by atoms with Crippen molar-refractivity contribution in [1.82, 2.24) is 4.90 Å². The molecule has 1 saturated heterocycles. The Morgan fingerprint density at radius 1 is 1.21 bits per heavy atom. The Balaban J connectivity index is 1.81. The first-order valence-corrected chi connectivity index (χ1v) is 10.1. The summed E-state index contributed by atoms with van der Waals surface area (Å²) in [6, 6.07) is 10.9. The lowest BCUT2D eigenvalue weighted by molar-refractivity contribution is 0.175. The molecule has 0 saturated carbocycles. The fraction of sp³-hybridized carbons (Fsp3) is 0.375. The number of phenols is 1. The van der Waals surface area contributed by atoms with E-state index >= 15 is 0 Å². The van der Waals surface area contributed by atoms with Gasteiger partial charge in [0, 0.05) is 18.5 Å². The Labute approximate surface area is 170 Å². The van der Waals surface area contributed by atoms with Crippen LogP contribution in [0, 0.1) is 12.8 Å². The van der Waals surface area contributed by atoms with Crippen molar-refractivity contribution in [3.05, 3.63) is 57.9 Å². The highest BCUT2D eigenvalue weighted by Crippen LogP contribution is 2.34. The third kappa shape index (κ3) is 3.75. The zero-order valence-corrected chi connectivity index (χ0v) is 17.2. The van der Waals surface area contributed by atoms with E-state index < -0.39 is 0 Å². The van der Waals surface area contributed by atoms with Crippen LogP contribution in [0.15, 0.2) is 45.6 Å². The lowest BCUT2D eigenvalue weighted by Crippen LogP contribution is -2.33. The molecule has 0 unspecified atom stereocenters. The first-order chi connectivity index (χ1) is 14.0. The number of aryl methyl sites for hydroxylation is 1. The summed E-state index contributed by atoms with van der Waals surface area (Å²) < 4.78 is 11.0. The molecule has 2 heterocycles. The molecule has 1 aliphatic heterocycles. The van der Waals surface area contributed by atoms with Crippen LogP contribution >= 0.6 is 0 Å². The molecule has 1 atom stereocenters. The normalized spacial score (nSPS) is 17.6. The second kappa shape index (κ2) is 7.91. The molecule has 5 heteroatoms. The Bertz CT molecular complexity index is 1080. The van der Waals surface area contributed by atoms with Crippen molar-refractivity contribution >= 4 is 11.0 Å². The Morgan fingerprint density at radius 2 is 1.97 bits per heavy atom. The summed E-state index contributed by atoms with van der Waals surface area (Å²) >= 11 is 0. The minimum Gasteiger partial charge on any atom is -0.507 e. The van der Waals surface area contributed by atoms with Crippen LogP contribution in [0.1, 0.15) is 30.9 Å². The van der Waals surface area contributed by atoms with Gasteiger partial charge in [0.05, 0.1) is 18.2 Å². The van der Waals surface area contributed by atoms with Crippen molar-refractivity contribution in [3.63, 3.8) is 0 Å². The first-order valence-electron chi connectivity index (χ1n) is 10.1. The minimum atomic E-state index is -0.390. The molecule has 0 radical (unpaired) electrons. The van der Waals surface area contributed by atoms with Crippen LogP contribution < -0.4 is 10.4 Å². The highest BCUT2D eigenvalue weighted by atomic mass is 16.5. The number of hydrogen-bond donors (Lipinski definition) is 1. The van der Waals surface area contributed by atoms with Crippen molar-refractivity contribution in [2.24, 2.45) is 5.92 Å². The van der Waals surface area contributed by atoms with Crippen molar-refractivity contribution in [3.8, 4) is 22.6 Å². The zero-order valence-electron chi connectivity index (χ0n) is 17.2. The zero-order chi connectivity index (χ0) is 20.5. The fourth-order valence-corrected chi connectivity index (χ4v) is 4.36. The monoisotopic (exact) mass is 393 g/mol. The van der Waals surface area contributed by atoms with Crippen LogP contribution in [0.4, 0.5) is 0 Å². The molecule has 0 spiro atoms. The van der Waals surface area contributed by atoms with Gasteiger partial charge in [-0.25, -0.2) is 4.79 Å². The summed E-state index contributed by atoms with van der Waals surface area (Å²) in [5.41, 5.74) is 2.98. The maximum Gasteiger partial charge on any atom is 0.344 e. The van der Waals surface area contributed by atoms with Crippen LogP contribution in [0.25, 0.3) is 22.1 Å². The summed E-state index contributed by atoms with van der Waals surface area (Å²) in [5, 5.41) is 11.4. The van der Waals surface area contributed by atoms with Gasteiger partial charge in [-0.15, -0.1) is 0 Å². The van der Waals surface area contributed by atoms with E-state index in [0.29, 0.717) is 29.2 Å². The number of rotatable bonds is 4. The second-order valence-electron chi connectivity index (χ2n) is 8.04. The number of likely N-dealkylation sites (tertiary alicyclic amines) is 1. The first kappa shape index (κ1) is 19.5. The van der Waals surface area contributed by atoms with Crippen LogP contribution in [-0.4, -0.2) is 30.2 Å². The van der Waals surface area contributed by atoms with Crippen LogP contribution in [0.3, 0.4) is 0 Å². The second-order valence-corrected chi connectivity index (χ2v) is 8.04. The van der Waals surface area contributed by atoms with Crippen LogP contribution in [-0.2, 0) is 6.54 Å². The predicted molar refractivity (Wildman–Crippen MR) is 115 cm³/mol. The SMILES string of the molecule is COc1ccc(-c2c(C)c3ccc(O)c(CN4CCC[C@H](C)C4)c3oc2=O)cc1. The van der Waals surface area contributed by atoms with Gasteiger partial charge in [-0.3, -0.25) is 4.90 Å². The molecule has 0 amide bonds. The molecule has 152 valence electrons. The maximum absolute atomic E-state index is 12.9. The summed E-state index contributed by atoms with van der Waals surface area (Å²) in [5.74, 6) is 1.55. The summed E-state index contributed by atoms with van der Waals surface area (Å²) in [6.07, 6.45) is 2.38. The largest absolute Gasteiger partial charge is 0.507 e. The third-order valence-electron chi connectivity index (χ3n) is 5.92. The van der Waals surface area contributed by atoms with E-state index in [2.05, 4.69) is 11.8 Å². The highest BCUT2D eigenvalue weighted by Gasteiger charge is 2.22. The molecule has 0 bridgehead atoms. The molecule has 4 rings (SSSR count). The van der Waals surface area contributed by atoms with Crippen molar-refractivity contribution in [1.29, 1.82) is 0 Å².